The maximum atomic E-state index is 14.9. The normalized spacial score (nSPS) is 27.1. The highest BCUT2D eigenvalue weighted by atomic mass is 16.7. The molecule has 3 aliphatic rings. The Labute approximate surface area is 531 Å². The van der Waals surface area contributed by atoms with Crippen LogP contribution < -0.4 is 26.6 Å². The zero-order valence-electron chi connectivity index (χ0n) is 52.2. The van der Waals surface area contributed by atoms with Crippen molar-refractivity contribution in [3.8, 4) is 0 Å². The third-order valence-corrected chi connectivity index (χ3v) is 16.3. The smallest absolute Gasteiger partial charge is 0.306 e. The molecule has 17 N–H and O–H groups in total. The van der Waals surface area contributed by atoms with Gasteiger partial charge in [-0.1, -0.05) is 108 Å². The molecule has 0 unspecified atom stereocenters. The molecular weight excluding hydrogens is 1200 g/mol. The van der Waals surface area contributed by atoms with Gasteiger partial charge >= 0.3 is 5.97 Å². The molecule has 4 rings (SSSR count). The van der Waals surface area contributed by atoms with E-state index < -0.39 is 178 Å². The van der Waals surface area contributed by atoms with Crippen molar-refractivity contribution < 1.29 is 123 Å². The van der Waals surface area contributed by atoms with Crippen LogP contribution in [0.2, 0.25) is 0 Å². The summed E-state index contributed by atoms with van der Waals surface area (Å²) in [5.41, 5.74) is -0.964. The van der Waals surface area contributed by atoms with E-state index in [0.29, 0.717) is 12.0 Å². The average molecular weight is 1310 g/mol. The number of aliphatic hydroxyl groups excluding tert-OH is 12. The van der Waals surface area contributed by atoms with Gasteiger partial charge in [0.1, 0.15) is 85.9 Å². The van der Waals surface area contributed by atoms with Gasteiger partial charge in [0, 0.05) is 57.3 Å². The van der Waals surface area contributed by atoms with Gasteiger partial charge in [-0.2, -0.15) is 0 Å². The summed E-state index contributed by atoms with van der Waals surface area (Å²) in [7, 11) is 0. The van der Waals surface area contributed by atoms with E-state index in [1.807, 2.05) is 0 Å². The predicted molar refractivity (Wildman–Crippen MR) is 320 cm³/mol. The van der Waals surface area contributed by atoms with E-state index in [2.05, 4.69) is 33.5 Å². The number of amides is 5. The summed E-state index contributed by atoms with van der Waals surface area (Å²) < 4.78 is 38.2. The second-order valence-corrected chi connectivity index (χ2v) is 23.5. The molecule has 0 radical (unpaired) electrons. The molecule has 3 fully saturated rings. The number of esters is 1. The average Bonchev–Trinajstić information content (AvgIpc) is 1.04. The largest absolute Gasteiger partial charge is 0.461 e. The molecule has 0 bridgehead atoms. The Morgan fingerprint density at radius 3 is 1.22 bits per heavy atom. The van der Waals surface area contributed by atoms with Crippen LogP contribution in [0.5, 0.6) is 0 Å². The summed E-state index contributed by atoms with van der Waals surface area (Å²) in [5, 5.41) is 135. The van der Waals surface area contributed by atoms with Crippen molar-refractivity contribution in [3.05, 3.63) is 35.9 Å². The molecular formula is C61H103N5O25. The van der Waals surface area contributed by atoms with Gasteiger partial charge in [-0.25, -0.2) is 0 Å². The lowest BCUT2D eigenvalue weighted by Crippen LogP contribution is -2.59. The highest BCUT2D eigenvalue weighted by Gasteiger charge is 2.47. The molecule has 0 aromatic heterocycles. The van der Waals surface area contributed by atoms with Crippen molar-refractivity contribution >= 4 is 35.5 Å². The first-order valence-electron chi connectivity index (χ1n) is 32.0. The van der Waals surface area contributed by atoms with Gasteiger partial charge in [0.25, 0.3) is 0 Å². The van der Waals surface area contributed by atoms with E-state index in [0.717, 1.165) is 32.1 Å². The van der Waals surface area contributed by atoms with E-state index in [9.17, 15) is 90.0 Å². The number of hydrogen-bond donors (Lipinski definition) is 17. The van der Waals surface area contributed by atoms with Crippen LogP contribution in [0.3, 0.4) is 0 Å². The van der Waals surface area contributed by atoms with Crippen molar-refractivity contribution in [1.29, 1.82) is 0 Å². The number of ether oxygens (including phenoxy) is 7. The molecule has 1 aromatic rings. The molecule has 0 spiro atoms. The van der Waals surface area contributed by atoms with Crippen LogP contribution in [-0.2, 0) is 68.5 Å². The van der Waals surface area contributed by atoms with Crippen LogP contribution in [0.25, 0.3) is 0 Å². The lowest BCUT2D eigenvalue weighted by atomic mass is 9.82. The number of benzene rings is 1. The molecule has 91 heavy (non-hydrogen) atoms. The van der Waals surface area contributed by atoms with Crippen molar-refractivity contribution in [1.82, 2.24) is 26.6 Å². The Morgan fingerprint density at radius 2 is 0.846 bits per heavy atom. The Bertz CT molecular complexity index is 2100. The number of unbranched alkanes of at least 4 members (excludes halogenated alkanes) is 11. The highest BCUT2D eigenvalue weighted by molar-refractivity contribution is 5.89. The molecule has 1 aromatic carbocycles. The minimum Gasteiger partial charge on any atom is -0.461 e. The maximum absolute atomic E-state index is 14.9. The second-order valence-electron chi connectivity index (χ2n) is 23.5. The first kappa shape index (κ1) is 78.8. The van der Waals surface area contributed by atoms with Crippen molar-refractivity contribution in [3.63, 3.8) is 0 Å². The van der Waals surface area contributed by atoms with Crippen molar-refractivity contribution in [2.24, 2.45) is 0 Å². The monoisotopic (exact) mass is 1310 g/mol. The van der Waals surface area contributed by atoms with Gasteiger partial charge in [0.05, 0.1) is 39.6 Å². The van der Waals surface area contributed by atoms with Gasteiger partial charge in [0.15, 0.2) is 18.9 Å². The third-order valence-electron chi connectivity index (χ3n) is 16.3. The molecule has 3 heterocycles. The Hall–Kier alpha value is -4.68. The zero-order chi connectivity index (χ0) is 66.7. The topological polar surface area (TPSA) is 470 Å². The van der Waals surface area contributed by atoms with E-state index in [1.165, 1.54) is 38.5 Å². The van der Waals surface area contributed by atoms with Crippen LogP contribution in [0.15, 0.2) is 30.3 Å². The van der Waals surface area contributed by atoms with Gasteiger partial charge in [0.2, 0.25) is 29.5 Å². The number of nitrogens with one attached hydrogen (secondary N) is 5. The minimum absolute atomic E-state index is 0.0472. The molecule has 0 aliphatic carbocycles. The summed E-state index contributed by atoms with van der Waals surface area (Å²) in [5.74, 6) is -3.95. The number of carbonyl (C=O) groups is 6. The van der Waals surface area contributed by atoms with E-state index in [-0.39, 0.29) is 84.6 Å². The van der Waals surface area contributed by atoms with Gasteiger partial charge in [-0.05, 0) is 37.7 Å². The fourth-order valence-corrected chi connectivity index (χ4v) is 10.7. The Kier molecular flexibility index (Phi) is 37.5. The Morgan fingerprint density at radius 1 is 0.473 bits per heavy atom. The molecule has 30 heteroatoms. The zero-order valence-corrected chi connectivity index (χ0v) is 52.2. The standard InChI is InChI=1S/C61H103N5O25/c1-2-3-4-5-6-7-8-9-10-11-12-16-19-46(73)65-39(20-21-47(74)88-37-38-17-14-13-15-18-38)57(84)66-61(25-22-43(70)62-28-31-85-58-54(81)51(78)48(75)40(34-67)89-58,26-23-44(71)63-29-32-86-59-55(82)52(79)49(76)41(35-68)90-59)27-24-45(72)64-30-33-87-60-56(83)53(80)50(77)42(36-69)91-60/h13-15,17-18,39-42,48-56,58-60,67-69,75-83H,2-12,16,19-37H2,1H3,(H,62,70)(H,63,71)(H,64,72)(H,65,73)(H,66,84)/t39-,40+,41+,42+,48+,49+,50+,51-,52-,53-,54-,55-,56-,58-,59-,60-/m0/s1. The molecule has 0 saturated carbocycles. The lowest BCUT2D eigenvalue weighted by molar-refractivity contribution is -0.300. The molecule has 3 saturated heterocycles. The highest BCUT2D eigenvalue weighted by Crippen LogP contribution is 2.29. The quantitative estimate of drug-likeness (QED) is 0.0230. The molecule has 5 amide bonds. The third kappa shape index (κ3) is 28.0. The van der Waals surface area contributed by atoms with E-state index >= 15 is 0 Å². The SMILES string of the molecule is CCCCCCCCCCCCCCC(=O)N[C@@H](CCC(=O)OCc1ccccc1)C(=O)NC(CCC(=O)NCCO[C@H]1O[C@H](CO)[C@@H](O)[C@H](O)[C@@H]1O)(CCC(=O)NCCO[C@H]1O[C@H](CO)[C@@H](O)[C@H](O)[C@@H]1O)CCC(=O)NCCO[C@H]1O[C@H](CO)[C@@H](O)[C@H](O)[C@@H]1O. The predicted octanol–water partition coefficient (Wildman–Crippen LogP) is -2.92. The summed E-state index contributed by atoms with van der Waals surface area (Å²) in [6.45, 7) is -1.62. The maximum Gasteiger partial charge on any atom is 0.306 e. The first-order chi connectivity index (χ1) is 43.7. The lowest BCUT2D eigenvalue weighted by Gasteiger charge is -2.39. The Balaban J connectivity index is 1.56. The number of carbonyl (C=O) groups excluding carboxylic acids is 6. The fourth-order valence-electron chi connectivity index (χ4n) is 10.7. The minimum atomic E-state index is -1.73. The molecule has 522 valence electrons. The number of hydrogen-bond acceptors (Lipinski definition) is 25. The molecule has 3 aliphatic heterocycles. The molecule has 30 nitrogen and oxygen atoms in total. The summed E-state index contributed by atoms with van der Waals surface area (Å²) in [6, 6.07) is 7.45. The van der Waals surface area contributed by atoms with Crippen LogP contribution >= 0.6 is 0 Å². The van der Waals surface area contributed by atoms with Crippen LogP contribution in [0.4, 0.5) is 0 Å². The molecule has 16 atom stereocenters. The fraction of sp³-hybridized carbons (Fsp3) is 0.803. The summed E-state index contributed by atoms with van der Waals surface area (Å²) in [6.07, 6.45) is -13.5. The van der Waals surface area contributed by atoms with Gasteiger partial charge < -0.3 is 121 Å². The first-order valence-corrected chi connectivity index (χ1v) is 32.0. The second kappa shape index (κ2) is 43.3. The van der Waals surface area contributed by atoms with Crippen LogP contribution in [0.1, 0.15) is 147 Å². The van der Waals surface area contributed by atoms with Gasteiger partial charge in [-0.15, -0.1) is 0 Å². The van der Waals surface area contributed by atoms with E-state index in [1.54, 1.807) is 30.3 Å². The summed E-state index contributed by atoms with van der Waals surface area (Å²) in [4.78, 5) is 83.2. The van der Waals surface area contributed by atoms with Crippen LogP contribution in [-0.4, -0.2) is 260 Å². The van der Waals surface area contributed by atoms with Crippen LogP contribution in [0, 0.1) is 0 Å². The number of rotatable bonds is 45. The van der Waals surface area contributed by atoms with Crippen molar-refractivity contribution in [2.75, 3.05) is 59.3 Å². The van der Waals surface area contributed by atoms with E-state index in [4.69, 9.17) is 33.2 Å². The summed E-state index contributed by atoms with van der Waals surface area (Å²) >= 11 is 0. The number of aliphatic hydroxyl groups is 12. The van der Waals surface area contributed by atoms with Gasteiger partial charge in [-0.3, -0.25) is 28.8 Å². The van der Waals surface area contributed by atoms with Crippen molar-refractivity contribution in [2.45, 2.75) is 252 Å².